The Hall–Kier alpha value is -3.74. The summed E-state index contributed by atoms with van der Waals surface area (Å²) in [6, 6.07) is 13.0. The summed E-state index contributed by atoms with van der Waals surface area (Å²) in [5.41, 5.74) is 1.02. The Kier molecular flexibility index (Phi) is 8.14. The monoisotopic (exact) mass is 558 g/mol. The number of hydrogen-bond acceptors (Lipinski definition) is 9. The third-order valence-electron chi connectivity index (χ3n) is 5.95. The molecule has 1 fully saturated rings. The van der Waals surface area contributed by atoms with Crippen LogP contribution in [0.1, 0.15) is 18.9 Å². The summed E-state index contributed by atoms with van der Waals surface area (Å²) >= 11 is 1.04. The van der Waals surface area contributed by atoms with Gasteiger partial charge in [0.1, 0.15) is 16.0 Å². The zero-order valence-electron chi connectivity index (χ0n) is 20.9. The Morgan fingerprint density at radius 1 is 1.05 bits per heavy atom. The van der Waals surface area contributed by atoms with E-state index in [9.17, 15) is 22.8 Å². The normalized spacial score (nSPS) is 15.7. The Morgan fingerprint density at radius 3 is 2.37 bits per heavy atom. The van der Waals surface area contributed by atoms with Crippen molar-refractivity contribution in [3.05, 3.63) is 65.5 Å². The van der Waals surface area contributed by atoms with Gasteiger partial charge in [-0.25, -0.2) is 13.3 Å². The van der Waals surface area contributed by atoms with Gasteiger partial charge in [0.25, 0.3) is 15.9 Å². The van der Waals surface area contributed by atoms with Crippen LogP contribution in [0.4, 0.5) is 5.69 Å². The SMILES string of the molecule is COc1ccc(CCN(C2CC(=O)N(c3ccc(OC(C)=O)cc3)C2=O)S(=O)(=O)c2cccs2)cc1OC. The van der Waals surface area contributed by atoms with Gasteiger partial charge in [0.05, 0.1) is 26.3 Å². The van der Waals surface area contributed by atoms with Crippen molar-refractivity contribution in [2.45, 2.75) is 30.0 Å². The van der Waals surface area contributed by atoms with Crippen LogP contribution in [0.3, 0.4) is 0 Å². The quantitative estimate of drug-likeness (QED) is 0.211. The van der Waals surface area contributed by atoms with E-state index in [1.807, 2.05) is 0 Å². The summed E-state index contributed by atoms with van der Waals surface area (Å²) < 4.78 is 44.1. The van der Waals surface area contributed by atoms with Gasteiger partial charge < -0.3 is 14.2 Å². The highest BCUT2D eigenvalue weighted by Crippen LogP contribution is 2.32. The largest absolute Gasteiger partial charge is 0.493 e. The summed E-state index contributed by atoms with van der Waals surface area (Å²) in [6.45, 7) is 1.22. The molecule has 1 aromatic heterocycles. The van der Waals surface area contributed by atoms with Crippen LogP contribution in [0.25, 0.3) is 0 Å². The van der Waals surface area contributed by atoms with Gasteiger partial charge in [-0.05, 0) is 59.8 Å². The predicted molar refractivity (Wildman–Crippen MR) is 140 cm³/mol. The number of rotatable bonds is 10. The van der Waals surface area contributed by atoms with Gasteiger partial charge >= 0.3 is 5.97 Å². The van der Waals surface area contributed by atoms with Crippen molar-refractivity contribution in [3.8, 4) is 17.2 Å². The average Bonchev–Trinajstić information content (AvgIpc) is 3.53. The number of benzene rings is 2. The van der Waals surface area contributed by atoms with Crippen molar-refractivity contribution >= 4 is 44.8 Å². The lowest BCUT2D eigenvalue weighted by Gasteiger charge is -2.26. The summed E-state index contributed by atoms with van der Waals surface area (Å²) in [6.07, 6.45) is -0.0406. The van der Waals surface area contributed by atoms with Crippen LogP contribution in [0.15, 0.2) is 64.2 Å². The molecule has 200 valence electrons. The van der Waals surface area contributed by atoms with Crippen molar-refractivity contribution in [2.24, 2.45) is 0 Å². The van der Waals surface area contributed by atoms with Gasteiger partial charge in [-0.2, -0.15) is 4.31 Å². The molecule has 0 aliphatic carbocycles. The second kappa shape index (κ2) is 11.3. The van der Waals surface area contributed by atoms with Crippen LogP contribution in [0, 0.1) is 0 Å². The first-order valence-electron chi connectivity index (χ1n) is 11.6. The van der Waals surface area contributed by atoms with E-state index < -0.39 is 33.8 Å². The van der Waals surface area contributed by atoms with E-state index in [1.165, 1.54) is 51.5 Å². The number of anilines is 1. The maximum atomic E-state index is 13.6. The van der Waals surface area contributed by atoms with E-state index >= 15 is 0 Å². The van der Waals surface area contributed by atoms with E-state index in [4.69, 9.17) is 14.2 Å². The fraction of sp³-hybridized carbons (Fsp3) is 0.269. The van der Waals surface area contributed by atoms with Crippen LogP contribution in [-0.2, 0) is 30.8 Å². The third-order valence-corrected chi connectivity index (χ3v) is 9.24. The minimum atomic E-state index is -4.08. The number of imide groups is 1. The van der Waals surface area contributed by atoms with Gasteiger partial charge in [-0.3, -0.25) is 14.4 Å². The number of amides is 2. The number of nitrogens with zero attached hydrogens (tertiary/aromatic N) is 2. The molecule has 1 aliphatic rings. The maximum Gasteiger partial charge on any atom is 0.308 e. The van der Waals surface area contributed by atoms with Gasteiger partial charge in [-0.15, -0.1) is 11.3 Å². The fourth-order valence-electron chi connectivity index (χ4n) is 4.19. The van der Waals surface area contributed by atoms with E-state index in [-0.39, 0.29) is 35.0 Å². The molecule has 1 atom stereocenters. The molecular formula is C26H26N2O8S2. The zero-order valence-corrected chi connectivity index (χ0v) is 22.6. The first kappa shape index (κ1) is 27.3. The van der Waals surface area contributed by atoms with Gasteiger partial charge in [-0.1, -0.05) is 12.1 Å². The van der Waals surface area contributed by atoms with E-state index in [0.29, 0.717) is 11.5 Å². The van der Waals surface area contributed by atoms with Crippen molar-refractivity contribution in [1.82, 2.24) is 4.31 Å². The number of hydrogen-bond donors (Lipinski definition) is 0. The summed E-state index contributed by atoms with van der Waals surface area (Å²) in [7, 11) is -1.06. The van der Waals surface area contributed by atoms with E-state index in [1.54, 1.807) is 29.6 Å². The molecule has 1 aliphatic heterocycles. The van der Waals surface area contributed by atoms with Gasteiger partial charge in [0.15, 0.2) is 11.5 Å². The molecule has 0 spiro atoms. The van der Waals surface area contributed by atoms with Crippen molar-refractivity contribution in [2.75, 3.05) is 25.7 Å². The summed E-state index contributed by atoms with van der Waals surface area (Å²) in [5.74, 6) is -0.399. The first-order chi connectivity index (χ1) is 18.1. The molecule has 38 heavy (non-hydrogen) atoms. The topological polar surface area (TPSA) is 120 Å². The molecular weight excluding hydrogens is 532 g/mol. The second-order valence-electron chi connectivity index (χ2n) is 8.36. The molecule has 0 saturated carbocycles. The molecule has 1 saturated heterocycles. The number of carbonyl (C=O) groups excluding carboxylic acids is 3. The molecule has 1 unspecified atom stereocenters. The smallest absolute Gasteiger partial charge is 0.308 e. The molecule has 12 heteroatoms. The molecule has 0 bridgehead atoms. The number of sulfonamides is 1. The molecule has 2 amide bonds. The van der Waals surface area contributed by atoms with Crippen LogP contribution in [-0.4, -0.2) is 57.3 Å². The van der Waals surface area contributed by atoms with Gasteiger partial charge in [0.2, 0.25) is 5.91 Å². The highest BCUT2D eigenvalue weighted by molar-refractivity contribution is 7.91. The number of methoxy groups -OCH3 is 2. The summed E-state index contributed by atoms with van der Waals surface area (Å²) in [5, 5.41) is 1.64. The average molecular weight is 559 g/mol. The van der Waals surface area contributed by atoms with Crippen LogP contribution in [0.5, 0.6) is 17.2 Å². The fourth-order valence-corrected chi connectivity index (χ4v) is 6.89. The number of thiophene rings is 1. The van der Waals surface area contributed by atoms with Crippen LogP contribution in [0.2, 0.25) is 0 Å². The maximum absolute atomic E-state index is 13.6. The second-order valence-corrected chi connectivity index (χ2v) is 11.4. The third kappa shape index (κ3) is 5.57. The lowest BCUT2D eigenvalue weighted by Crippen LogP contribution is -2.46. The number of esters is 1. The molecule has 0 N–H and O–H groups in total. The van der Waals surface area contributed by atoms with E-state index in [0.717, 1.165) is 26.1 Å². The Bertz CT molecular complexity index is 1440. The molecule has 2 aromatic carbocycles. The van der Waals surface area contributed by atoms with E-state index in [2.05, 4.69) is 0 Å². The van der Waals surface area contributed by atoms with Crippen molar-refractivity contribution in [3.63, 3.8) is 0 Å². The Labute approximate surface area is 224 Å². The standard InChI is InChI=1S/C26H26N2O8S2/c1-17(29)36-20-9-7-19(8-10-20)28-24(30)16-21(26(28)31)27(38(32,33)25-5-4-14-37-25)13-12-18-6-11-22(34-2)23(15-18)35-3/h4-11,14-15,21H,12-13,16H2,1-3H3. The van der Waals surface area contributed by atoms with Crippen molar-refractivity contribution < 1.29 is 37.0 Å². The molecule has 10 nitrogen and oxygen atoms in total. The zero-order chi connectivity index (χ0) is 27.4. The summed E-state index contributed by atoms with van der Waals surface area (Å²) in [4.78, 5) is 38.6. The van der Waals surface area contributed by atoms with Crippen molar-refractivity contribution in [1.29, 1.82) is 0 Å². The lowest BCUT2D eigenvalue weighted by atomic mass is 10.1. The highest BCUT2D eigenvalue weighted by Gasteiger charge is 2.47. The molecule has 2 heterocycles. The van der Waals surface area contributed by atoms with Crippen LogP contribution < -0.4 is 19.1 Å². The molecule has 3 aromatic rings. The lowest BCUT2D eigenvalue weighted by molar-refractivity contribution is -0.132. The highest BCUT2D eigenvalue weighted by atomic mass is 32.2. The van der Waals surface area contributed by atoms with Crippen LogP contribution >= 0.6 is 11.3 Å². The Balaban J connectivity index is 1.63. The number of ether oxygens (including phenoxy) is 3. The predicted octanol–water partition coefficient (Wildman–Crippen LogP) is 3.26. The van der Waals surface area contributed by atoms with Gasteiger partial charge in [0, 0.05) is 13.5 Å². The number of carbonyl (C=O) groups is 3. The first-order valence-corrected chi connectivity index (χ1v) is 13.9. The molecule has 4 rings (SSSR count). The molecule has 0 radical (unpaired) electrons. The Morgan fingerprint density at radius 2 is 1.76 bits per heavy atom. The minimum absolute atomic E-state index is 0.0430. The minimum Gasteiger partial charge on any atom is -0.493 e.